The summed E-state index contributed by atoms with van der Waals surface area (Å²) in [6.07, 6.45) is 0. The van der Waals surface area contributed by atoms with E-state index >= 15 is 0 Å². The largest absolute Gasteiger partial charge is 0.390 e. The van der Waals surface area contributed by atoms with Gasteiger partial charge in [-0.05, 0) is 12.8 Å². The zero-order valence-corrected chi connectivity index (χ0v) is 8.13. The van der Waals surface area contributed by atoms with E-state index in [-0.39, 0.29) is 6.61 Å². The van der Waals surface area contributed by atoms with Crippen molar-refractivity contribution in [1.29, 1.82) is 0 Å². The molecular weight excluding hydrogens is 152 g/mol. The van der Waals surface area contributed by atoms with Crippen molar-refractivity contribution in [2.24, 2.45) is 7.05 Å². The number of aromatic nitrogens is 2. The summed E-state index contributed by atoms with van der Waals surface area (Å²) in [5.74, 6) is 0.431. The summed E-state index contributed by atoms with van der Waals surface area (Å²) in [5, 5.41) is 13.2. The minimum absolute atomic E-state index is 0.0369. The second kappa shape index (κ2) is 3.27. The minimum atomic E-state index is 0.0369. The highest BCUT2D eigenvalue weighted by atomic mass is 16.3. The molecule has 1 aromatic rings. The van der Waals surface area contributed by atoms with Crippen molar-refractivity contribution in [2.75, 3.05) is 0 Å². The second-order valence-corrected chi connectivity index (χ2v) is 3.38. The third-order valence-corrected chi connectivity index (χ3v) is 2.18. The Kier molecular flexibility index (Phi) is 2.52. The van der Waals surface area contributed by atoms with Crippen LogP contribution in [0.1, 0.15) is 36.7 Å². The molecule has 1 heterocycles. The molecule has 68 valence electrons. The van der Waals surface area contributed by atoms with Crippen LogP contribution in [0.5, 0.6) is 0 Å². The monoisotopic (exact) mass is 168 g/mol. The molecule has 0 amide bonds. The molecule has 0 saturated carbocycles. The zero-order valence-electron chi connectivity index (χ0n) is 8.13. The Bertz CT molecular complexity index is 276. The molecule has 0 fully saturated rings. The van der Waals surface area contributed by atoms with E-state index in [1.165, 1.54) is 5.56 Å². The summed E-state index contributed by atoms with van der Waals surface area (Å²) in [4.78, 5) is 0. The standard InChI is InChI=1S/C9H16N2O/c1-6(2)9-7(3)11(4)10-8(9)5-12/h6,12H,5H2,1-4H3. The fraction of sp³-hybridized carbons (Fsp3) is 0.667. The lowest BCUT2D eigenvalue weighted by atomic mass is 10.0. The van der Waals surface area contributed by atoms with Crippen LogP contribution in [0.4, 0.5) is 0 Å². The normalized spacial score (nSPS) is 11.2. The van der Waals surface area contributed by atoms with E-state index in [1.807, 2.05) is 18.7 Å². The molecule has 1 aromatic heterocycles. The lowest BCUT2D eigenvalue weighted by molar-refractivity contribution is 0.274. The Morgan fingerprint density at radius 3 is 2.42 bits per heavy atom. The van der Waals surface area contributed by atoms with Gasteiger partial charge in [-0.1, -0.05) is 13.8 Å². The van der Waals surface area contributed by atoms with Gasteiger partial charge >= 0.3 is 0 Å². The van der Waals surface area contributed by atoms with Crippen molar-refractivity contribution in [2.45, 2.75) is 33.3 Å². The Labute approximate surface area is 73.0 Å². The summed E-state index contributed by atoms with van der Waals surface area (Å²) in [6.45, 7) is 6.29. The molecule has 0 saturated heterocycles. The van der Waals surface area contributed by atoms with Crippen LogP contribution in [0.3, 0.4) is 0 Å². The maximum atomic E-state index is 9.03. The van der Waals surface area contributed by atoms with Crippen LogP contribution >= 0.6 is 0 Å². The topological polar surface area (TPSA) is 38.1 Å². The van der Waals surface area contributed by atoms with E-state index in [2.05, 4.69) is 18.9 Å². The number of aliphatic hydroxyl groups excluding tert-OH is 1. The summed E-state index contributed by atoms with van der Waals surface area (Å²) in [5.41, 5.74) is 3.14. The third-order valence-electron chi connectivity index (χ3n) is 2.18. The van der Waals surface area contributed by atoms with Gasteiger partial charge < -0.3 is 5.11 Å². The van der Waals surface area contributed by atoms with Gasteiger partial charge in [-0.25, -0.2) is 0 Å². The van der Waals surface area contributed by atoms with Gasteiger partial charge in [-0.3, -0.25) is 4.68 Å². The zero-order chi connectivity index (χ0) is 9.30. The molecule has 0 aliphatic heterocycles. The summed E-state index contributed by atoms with van der Waals surface area (Å²) in [7, 11) is 1.90. The lowest BCUT2D eigenvalue weighted by Gasteiger charge is -2.05. The Balaban J connectivity index is 3.21. The first-order valence-electron chi connectivity index (χ1n) is 4.21. The highest BCUT2D eigenvalue weighted by Gasteiger charge is 2.14. The number of hydrogen-bond donors (Lipinski definition) is 1. The molecule has 0 aliphatic rings. The van der Waals surface area contributed by atoms with Crippen LogP contribution < -0.4 is 0 Å². The van der Waals surface area contributed by atoms with Gasteiger partial charge in [-0.15, -0.1) is 0 Å². The van der Waals surface area contributed by atoms with Gasteiger partial charge in [0.25, 0.3) is 0 Å². The van der Waals surface area contributed by atoms with Crippen molar-refractivity contribution in [3.63, 3.8) is 0 Å². The number of nitrogens with zero attached hydrogens (tertiary/aromatic N) is 2. The summed E-state index contributed by atoms with van der Waals surface area (Å²) in [6, 6.07) is 0. The molecule has 12 heavy (non-hydrogen) atoms. The van der Waals surface area contributed by atoms with E-state index in [0.717, 1.165) is 11.4 Å². The Hall–Kier alpha value is -0.830. The maximum Gasteiger partial charge on any atom is 0.0916 e. The molecule has 0 radical (unpaired) electrons. The van der Waals surface area contributed by atoms with Crippen LogP contribution in [0, 0.1) is 6.92 Å². The van der Waals surface area contributed by atoms with E-state index < -0.39 is 0 Å². The van der Waals surface area contributed by atoms with Crippen molar-refractivity contribution >= 4 is 0 Å². The van der Waals surface area contributed by atoms with Gasteiger partial charge in [-0.2, -0.15) is 5.10 Å². The first-order valence-corrected chi connectivity index (χ1v) is 4.21. The maximum absolute atomic E-state index is 9.03. The molecule has 0 unspecified atom stereocenters. The molecular formula is C9H16N2O. The molecule has 0 atom stereocenters. The Morgan fingerprint density at radius 1 is 1.50 bits per heavy atom. The van der Waals surface area contributed by atoms with E-state index in [4.69, 9.17) is 5.11 Å². The van der Waals surface area contributed by atoms with Crippen LogP contribution in [0.2, 0.25) is 0 Å². The first-order chi connectivity index (χ1) is 5.57. The predicted molar refractivity (Wildman–Crippen MR) is 48.0 cm³/mol. The fourth-order valence-corrected chi connectivity index (χ4v) is 1.56. The molecule has 0 aromatic carbocycles. The molecule has 3 nitrogen and oxygen atoms in total. The van der Waals surface area contributed by atoms with Gasteiger partial charge in [0.05, 0.1) is 12.3 Å². The molecule has 1 N–H and O–H groups in total. The predicted octanol–water partition coefficient (Wildman–Crippen LogP) is 1.34. The average molecular weight is 168 g/mol. The van der Waals surface area contributed by atoms with Crippen LogP contribution in [0.15, 0.2) is 0 Å². The summed E-state index contributed by atoms with van der Waals surface area (Å²) >= 11 is 0. The van der Waals surface area contributed by atoms with E-state index in [1.54, 1.807) is 0 Å². The quantitative estimate of drug-likeness (QED) is 0.723. The van der Waals surface area contributed by atoms with E-state index in [9.17, 15) is 0 Å². The molecule has 0 aliphatic carbocycles. The van der Waals surface area contributed by atoms with Crippen LogP contribution in [0.25, 0.3) is 0 Å². The van der Waals surface area contributed by atoms with Gasteiger partial charge in [0.2, 0.25) is 0 Å². The molecule has 1 rings (SSSR count). The number of aliphatic hydroxyl groups is 1. The Morgan fingerprint density at radius 2 is 2.08 bits per heavy atom. The van der Waals surface area contributed by atoms with Gasteiger partial charge in [0.1, 0.15) is 0 Å². The van der Waals surface area contributed by atoms with Crippen molar-refractivity contribution in [3.05, 3.63) is 17.0 Å². The number of aryl methyl sites for hydroxylation is 1. The molecule has 3 heteroatoms. The van der Waals surface area contributed by atoms with Gasteiger partial charge in [0.15, 0.2) is 0 Å². The number of rotatable bonds is 2. The SMILES string of the molecule is Cc1c(C(C)C)c(CO)nn1C. The third kappa shape index (κ3) is 1.37. The summed E-state index contributed by atoms with van der Waals surface area (Å²) < 4.78 is 1.82. The highest BCUT2D eigenvalue weighted by molar-refractivity contribution is 5.27. The van der Waals surface area contributed by atoms with Crippen LogP contribution in [-0.4, -0.2) is 14.9 Å². The van der Waals surface area contributed by atoms with Crippen LogP contribution in [-0.2, 0) is 13.7 Å². The van der Waals surface area contributed by atoms with Gasteiger partial charge in [0, 0.05) is 18.3 Å². The highest BCUT2D eigenvalue weighted by Crippen LogP contribution is 2.22. The number of hydrogen-bond acceptors (Lipinski definition) is 2. The minimum Gasteiger partial charge on any atom is -0.390 e. The van der Waals surface area contributed by atoms with Crippen molar-refractivity contribution in [3.8, 4) is 0 Å². The fourth-order valence-electron chi connectivity index (χ4n) is 1.56. The smallest absolute Gasteiger partial charge is 0.0916 e. The lowest BCUT2D eigenvalue weighted by Crippen LogP contribution is -1.95. The van der Waals surface area contributed by atoms with Crippen molar-refractivity contribution in [1.82, 2.24) is 9.78 Å². The first kappa shape index (κ1) is 9.26. The second-order valence-electron chi connectivity index (χ2n) is 3.38. The molecule has 0 bridgehead atoms. The molecule has 0 spiro atoms. The average Bonchev–Trinajstić information content (AvgIpc) is 2.28. The van der Waals surface area contributed by atoms with E-state index in [0.29, 0.717) is 5.92 Å². The van der Waals surface area contributed by atoms with Crippen molar-refractivity contribution < 1.29 is 5.11 Å².